The molecule has 0 spiro atoms. The van der Waals surface area contributed by atoms with Crippen molar-refractivity contribution < 1.29 is 13.9 Å². The summed E-state index contributed by atoms with van der Waals surface area (Å²) in [6.07, 6.45) is 0. The summed E-state index contributed by atoms with van der Waals surface area (Å²) in [5.41, 5.74) is 5.72. The van der Waals surface area contributed by atoms with Crippen molar-refractivity contribution >= 4 is 5.91 Å². The minimum Gasteiger partial charge on any atom is -0.484 e. The number of amides is 1. The van der Waals surface area contributed by atoms with E-state index in [-0.39, 0.29) is 24.1 Å². The Labute approximate surface area is 113 Å². The largest absolute Gasteiger partial charge is 0.484 e. The van der Waals surface area contributed by atoms with Gasteiger partial charge in [0.15, 0.2) is 6.61 Å². The third-order valence-electron chi connectivity index (χ3n) is 2.35. The molecule has 0 heterocycles. The first-order chi connectivity index (χ1) is 8.69. The summed E-state index contributed by atoms with van der Waals surface area (Å²) in [5, 5.41) is 2.76. The van der Waals surface area contributed by atoms with Gasteiger partial charge < -0.3 is 15.8 Å². The second kappa shape index (κ2) is 6.02. The predicted octanol–water partition coefficient (Wildman–Crippen LogP) is 2.14. The van der Waals surface area contributed by atoms with Crippen LogP contribution in [0.2, 0.25) is 0 Å². The second-order valence-electron chi connectivity index (χ2n) is 5.56. The number of rotatable bonds is 4. The van der Waals surface area contributed by atoms with Crippen LogP contribution in [0.4, 0.5) is 4.39 Å². The first kappa shape index (κ1) is 15.4. The normalized spacial score (nSPS) is 12.9. The zero-order valence-corrected chi connectivity index (χ0v) is 11.8. The van der Waals surface area contributed by atoms with Gasteiger partial charge in [-0.05, 0) is 33.8 Å². The van der Waals surface area contributed by atoms with E-state index in [4.69, 9.17) is 10.5 Å². The lowest BCUT2D eigenvalue weighted by atomic mass is 10.1. The molecule has 1 aromatic rings. The van der Waals surface area contributed by atoms with Crippen molar-refractivity contribution in [3.8, 4) is 5.75 Å². The van der Waals surface area contributed by atoms with Crippen LogP contribution in [0.1, 0.15) is 39.3 Å². The monoisotopic (exact) mass is 268 g/mol. The molecule has 1 rings (SSSR count). The molecule has 0 saturated carbocycles. The Morgan fingerprint density at radius 2 is 2.11 bits per heavy atom. The van der Waals surface area contributed by atoms with Crippen molar-refractivity contribution in [1.82, 2.24) is 5.32 Å². The Hall–Kier alpha value is -1.62. The van der Waals surface area contributed by atoms with E-state index in [1.165, 1.54) is 6.07 Å². The number of carbonyl (C=O) groups excluding carboxylic acids is 1. The SMILES string of the molecule is C[C@H](N)c1ccc(OCC(=O)NC(C)(C)C)cc1F. The van der Waals surface area contributed by atoms with Crippen molar-refractivity contribution in [2.24, 2.45) is 5.73 Å². The molecule has 106 valence electrons. The summed E-state index contributed by atoms with van der Waals surface area (Å²) in [6, 6.07) is 4.03. The summed E-state index contributed by atoms with van der Waals surface area (Å²) < 4.78 is 18.9. The maximum Gasteiger partial charge on any atom is 0.258 e. The van der Waals surface area contributed by atoms with Crippen LogP contribution in [-0.4, -0.2) is 18.1 Å². The quantitative estimate of drug-likeness (QED) is 0.879. The van der Waals surface area contributed by atoms with Gasteiger partial charge in [0.1, 0.15) is 11.6 Å². The summed E-state index contributed by atoms with van der Waals surface area (Å²) >= 11 is 0. The molecule has 4 nitrogen and oxygen atoms in total. The second-order valence-corrected chi connectivity index (χ2v) is 5.56. The van der Waals surface area contributed by atoms with E-state index >= 15 is 0 Å². The molecule has 0 radical (unpaired) electrons. The molecule has 0 aliphatic heterocycles. The minimum atomic E-state index is -0.427. The van der Waals surface area contributed by atoms with Gasteiger partial charge in [-0.15, -0.1) is 0 Å². The van der Waals surface area contributed by atoms with Gasteiger partial charge in [0.25, 0.3) is 5.91 Å². The minimum absolute atomic E-state index is 0.145. The molecule has 0 aliphatic rings. The Kier molecular flexibility index (Phi) is 4.89. The molecule has 0 saturated heterocycles. The van der Waals surface area contributed by atoms with Crippen molar-refractivity contribution in [1.29, 1.82) is 0 Å². The maximum atomic E-state index is 13.6. The lowest BCUT2D eigenvalue weighted by Crippen LogP contribution is -2.43. The highest BCUT2D eigenvalue weighted by atomic mass is 19.1. The van der Waals surface area contributed by atoms with Crippen molar-refractivity contribution in [3.05, 3.63) is 29.6 Å². The van der Waals surface area contributed by atoms with E-state index in [1.54, 1.807) is 19.1 Å². The third kappa shape index (κ3) is 5.26. The molecule has 0 aliphatic carbocycles. The number of halogens is 1. The van der Waals surface area contributed by atoms with Crippen LogP contribution in [-0.2, 0) is 4.79 Å². The summed E-state index contributed by atoms with van der Waals surface area (Å²) in [6.45, 7) is 7.19. The van der Waals surface area contributed by atoms with Crippen LogP contribution in [0.25, 0.3) is 0 Å². The number of nitrogens with two attached hydrogens (primary N) is 1. The average molecular weight is 268 g/mol. The van der Waals surface area contributed by atoms with Crippen LogP contribution in [0.15, 0.2) is 18.2 Å². The van der Waals surface area contributed by atoms with Crippen LogP contribution in [0, 0.1) is 5.82 Å². The first-order valence-electron chi connectivity index (χ1n) is 6.18. The Morgan fingerprint density at radius 1 is 1.47 bits per heavy atom. The summed E-state index contributed by atoms with van der Waals surface area (Å²) in [5.74, 6) is -0.362. The smallest absolute Gasteiger partial charge is 0.258 e. The van der Waals surface area contributed by atoms with E-state index in [9.17, 15) is 9.18 Å². The van der Waals surface area contributed by atoms with Crippen LogP contribution < -0.4 is 15.8 Å². The number of nitrogens with one attached hydrogen (secondary N) is 1. The highest BCUT2D eigenvalue weighted by molar-refractivity contribution is 5.78. The van der Waals surface area contributed by atoms with E-state index in [2.05, 4.69) is 5.32 Å². The van der Waals surface area contributed by atoms with Crippen molar-refractivity contribution in [3.63, 3.8) is 0 Å². The number of hydrogen-bond acceptors (Lipinski definition) is 3. The topological polar surface area (TPSA) is 64.3 Å². The molecule has 1 amide bonds. The van der Waals surface area contributed by atoms with Crippen LogP contribution in [0.3, 0.4) is 0 Å². The Bertz CT molecular complexity index is 453. The Balaban J connectivity index is 2.59. The lowest BCUT2D eigenvalue weighted by molar-refractivity contribution is -0.124. The van der Waals surface area contributed by atoms with E-state index in [1.807, 2.05) is 20.8 Å². The van der Waals surface area contributed by atoms with Crippen LogP contribution in [0.5, 0.6) is 5.75 Å². The van der Waals surface area contributed by atoms with Gasteiger partial charge in [0, 0.05) is 23.2 Å². The van der Waals surface area contributed by atoms with Crippen LogP contribution >= 0.6 is 0 Å². The van der Waals surface area contributed by atoms with Gasteiger partial charge in [0.05, 0.1) is 0 Å². The zero-order chi connectivity index (χ0) is 14.6. The maximum absolute atomic E-state index is 13.6. The molecule has 19 heavy (non-hydrogen) atoms. The van der Waals surface area contributed by atoms with Gasteiger partial charge in [-0.3, -0.25) is 4.79 Å². The Morgan fingerprint density at radius 3 is 2.58 bits per heavy atom. The average Bonchev–Trinajstić information content (AvgIpc) is 2.23. The number of carbonyl (C=O) groups is 1. The first-order valence-corrected chi connectivity index (χ1v) is 6.18. The molecule has 0 fully saturated rings. The summed E-state index contributed by atoms with van der Waals surface area (Å²) in [7, 11) is 0. The van der Waals surface area contributed by atoms with Gasteiger partial charge in [-0.25, -0.2) is 4.39 Å². The molecule has 0 unspecified atom stereocenters. The van der Waals surface area contributed by atoms with Gasteiger partial charge in [-0.2, -0.15) is 0 Å². The highest BCUT2D eigenvalue weighted by Crippen LogP contribution is 2.20. The van der Waals surface area contributed by atoms with Gasteiger partial charge >= 0.3 is 0 Å². The molecule has 0 bridgehead atoms. The predicted molar refractivity (Wildman–Crippen MR) is 72.4 cm³/mol. The van der Waals surface area contributed by atoms with Crippen molar-refractivity contribution in [2.75, 3.05) is 6.61 Å². The number of hydrogen-bond donors (Lipinski definition) is 2. The summed E-state index contributed by atoms with van der Waals surface area (Å²) in [4.78, 5) is 11.5. The van der Waals surface area contributed by atoms with E-state index in [0.717, 1.165) is 0 Å². The highest BCUT2D eigenvalue weighted by Gasteiger charge is 2.14. The number of benzene rings is 1. The van der Waals surface area contributed by atoms with Crippen molar-refractivity contribution in [2.45, 2.75) is 39.3 Å². The lowest BCUT2D eigenvalue weighted by Gasteiger charge is -2.20. The molecule has 3 N–H and O–H groups in total. The molecule has 1 aromatic carbocycles. The molecule has 0 aromatic heterocycles. The number of ether oxygens (including phenoxy) is 1. The molecular formula is C14H21FN2O2. The molecule has 5 heteroatoms. The van der Waals surface area contributed by atoms with Gasteiger partial charge in [0.2, 0.25) is 0 Å². The fraction of sp³-hybridized carbons (Fsp3) is 0.500. The van der Waals surface area contributed by atoms with E-state index < -0.39 is 5.82 Å². The zero-order valence-electron chi connectivity index (χ0n) is 11.8. The fourth-order valence-electron chi connectivity index (χ4n) is 1.57. The van der Waals surface area contributed by atoms with E-state index in [0.29, 0.717) is 11.3 Å². The third-order valence-corrected chi connectivity index (χ3v) is 2.35. The standard InChI is InChI=1S/C14H21FN2O2/c1-9(16)11-6-5-10(7-12(11)15)19-8-13(18)17-14(2,3)4/h5-7,9H,8,16H2,1-4H3,(H,17,18)/t9-/m0/s1. The van der Waals surface area contributed by atoms with Gasteiger partial charge in [-0.1, -0.05) is 6.07 Å². The molecular weight excluding hydrogens is 247 g/mol. The molecule has 1 atom stereocenters. The fourth-order valence-corrected chi connectivity index (χ4v) is 1.57.